The Balaban J connectivity index is 1.53. The maximum atomic E-state index is 12.6. The van der Waals surface area contributed by atoms with Gasteiger partial charge in [-0.15, -0.1) is 0 Å². The number of methoxy groups -OCH3 is 1. The maximum absolute atomic E-state index is 12.6. The number of hydrogen-bond acceptors (Lipinski definition) is 4. The number of rotatable bonds is 5. The third kappa shape index (κ3) is 4.49. The van der Waals surface area contributed by atoms with Gasteiger partial charge in [-0.2, -0.15) is 0 Å². The van der Waals surface area contributed by atoms with Gasteiger partial charge in [-0.05, 0) is 61.4 Å². The fourth-order valence-electron chi connectivity index (χ4n) is 3.22. The zero-order valence-corrected chi connectivity index (χ0v) is 15.7. The van der Waals surface area contributed by atoms with Gasteiger partial charge in [0, 0.05) is 35.8 Å². The zero-order chi connectivity index (χ0) is 20.1. The monoisotopic (exact) mass is 381 g/mol. The van der Waals surface area contributed by atoms with Crippen molar-refractivity contribution in [3.63, 3.8) is 0 Å². The molecule has 0 aromatic heterocycles. The van der Waals surface area contributed by atoms with Crippen LogP contribution in [-0.2, 0) is 4.79 Å². The van der Waals surface area contributed by atoms with Gasteiger partial charge in [0.1, 0.15) is 5.75 Å². The van der Waals surface area contributed by atoms with E-state index in [2.05, 4.69) is 5.32 Å². The predicted molar refractivity (Wildman–Crippen MR) is 105 cm³/mol. The summed E-state index contributed by atoms with van der Waals surface area (Å²) < 4.78 is 5.11. The molecule has 0 saturated carbocycles. The van der Waals surface area contributed by atoms with Crippen molar-refractivity contribution in [2.45, 2.75) is 12.8 Å². The molecule has 0 atom stereocenters. The summed E-state index contributed by atoms with van der Waals surface area (Å²) >= 11 is 0. The highest BCUT2D eigenvalue weighted by atomic mass is 16.5. The highest BCUT2D eigenvalue weighted by Gasteiger charge is 2.28. The Kier molecular flexibility index (Phi) is 5.93. The molecule has 3 N–H and O–H groups in total. The summed E-state index contributed by atoms with van der Waals surface area (Å²) in [5, 5.41) is 2.86. The number of carbonyl (C=O) groups excluding carboxylic acids is 3. The van der Waals surface area contributed by atoms with E-state index in [-0.39, 0.29) is 17.7 Å². The second kappa shape index (κ2) is 8.56. The van der Waals surface area contributed by atoms with Crippen molar-refractivity contribution in [1.29, 1.82) is 0 Å². The fraction of sp³-hybridized carbons (Fsp3) is 0.286. The highest BCUT2D eigenvalue weighted by Crippen LogP contribution is 2.22. The molecule has 1 heterocycles. The smallest absolute Gasteiger partial charge is 0.253 e. The van der Waals surface area contributed by atoms with Crippen LogP contribution in [0.1, 0.15) is 33.6 Å². The number of nitrogens with two attached hydrogens (primary N) is 1. The standard InChI is InChI=1S/C21H23N3O4/c1-28-18-8-4-16(5-9-18)21(27)24-12-10-15(11-13-24)20(26)23-17-6-2-14(3-7-17)19(22)25/h2-9,15H,10-13H2,1H3,(H2,22,25)(H,23,26). The second-order valence-corrected chi connectivity index (χ2v) is 6.73. The lowest BCUT2D eigenvalue weighted by molar-refractivity contribution is -0.121. The highest BCUT2D eigenvalue weighted by molar-refractivity contribution is 5.96. The Bertz CT molecular complexity index is 854. The molecular weight excluding hydrogens is 358 g/mol. The molecule has 2 aromatic carbocycles. The minimum atomic E-state index is -0.508. The van der Waals surface area contributed by atoms with Gasteiger partial charge >= 0.3 is 0 Å². The van der Waals surface area contributed by atoms with Crippen molar-refractivity contribution in [3.05, 3.63) is 59.7 Å². The van der Waals surface area contributed by atoms with Crippen molar-refractivity contribution in [3.8, 4) is 5.75 Å². The van der Waals surface area contributed by atoms with Crippen LogP contribution in [0.15, 0.2) is 48.5 Å². The number of ether oxygens (including phenoxy) is 1. The molecule has 0 unspecified atom stereocenters. The first-order valence-corrected chi connectivity index (χ1v) is 9.12. The molecule has 1 fully saturated rings. The number of likely N-dealkylation sites (tertiary alicyclic amines) is 1. The lowest BCUT2D eigenvalue weighted by atomic mass is 9.95. The molecule has 1 saturated heterocycles. The van der Waals surface area contributed by atoms with Crippen LogP contribution in [0, 0.1) is 5.92 Å². The van der Waals surface area contributed by atoms with E-state index < -0.39 is 5.91 Å². The van der Waals surface area contributed by atoms with Crippen LogP contribution in [0.5, 0.6) is 5.75 Å². The van der Waals surface area contributed by atoms with Crippen LogP contribution in [0.25, 0.3) is 0 Å². The predicted octanol–water partition coefficient (Wildman–Crippen LogP) is 2.29. The van der Waals surface area contributed by atoms with Gasteiger partial charge in [0.15, 0.2) is 0 Å². The molecule has 146 valence electrons. The number of carbonyl (C=O) groups is 3. The summed E-state index contributed by atoms with van der Waals surface area (Å²) in [4.78, 5) is 38.0. The number of anilines is 1. The van der Waals surface area contributed by atoms with Crippen LogP contribution < -0.4 is 15.8 Å². The second-order valence-electron chi connectivity index (χ2n) is 6.73. The normalized spacial score (nSPS) is 14.4. The fourth-order valence-corrected chi connectivity index (χ4v) is 3.22. The molecule has 2 aromatic rings. The van der Waals surface area contributed by atoms with Gasteiger partial charge in [-0.3, -0.25) is 14.4 Å². The topological polar surface area (TPSA) is 102 Å². The number of nitrogens with zero attached hydrogens (tertiary/aromatic N) is 1. The van der Waals surface area contributed by atoms with E-state index >= 15 is 0 Å². The van der Waals surface area contributed by atoms with Gasteiger partial charge in [0.05, 0.1) is 7.11 Å². The average molecular weight is 381 g/mol. The van der Waals surface area contributed by atoms with Crippen LogP contribution in [0.3, 0.4) is 0 Å². The maximum Gasteiger partial charge on any atom is 0.253 e. The molecular formula is C21H23N3O4. The van der Waals surface area contributed by atoms with Crippen molar-refractivity contribution in [2.24, 2.45) is 11.7 Å². The van der Waals surface area contributed by atoms with Crippen LogP contribution in [0.2, 0.25) is 0 Å². The Morgan fingerprint density at radius 1 is 0.964 bits per heavy atom. The van der Waals surface area contributed by atoms with Crippen molar-refractivity contribution in [2.75, 3.05) is 25.5 Å². The summed E-state index contributed by atoms with van der Waals surface area (Å²) in [6.45, 7) is 1.06. The molecule has 3 rings (SSSR count). The molecule has 3 amide bonds. The lowest BCUT2D eigenvalue weighted by Gasteiger charge is -2.31. The van der Waals surface area contributed by atoms with Crippen LogP contribution in [-0.4, -0.2) is 42.8 Å². The Labute approximate surface area is 163 Å². The van der Waals surface area contributed by atoms with Crippen LogP contribution in [0.4, 0.5) is 5.69 Å². The number of amides is 3. The number of nitrogens with one attached hydrogen (secondary N) is 1. The molecule has 1 aliphatic heterocycles. The average Bonchev–Trinajstić information content (AvgIpc) is 2.73. The van der Waals surface area contributed by atoms with Gasteiger partial charge in [0.25, 0.3) is 5.91 Å². The molecule has 7 heteroatoms. The first-order valence-electron chi connectivity index (χ1n) is 9.12. The molecule has 0 spiro atoms. The van der Waals surface area contributed by atoms with Gasteiger partial charge in [0.2, 0.25) is 11.8 Å². The number of piperidine rings is 1. The summed E-state index contributed by atoms with van der Waals surface area (Å²) in [5.74, 6) is -0.0785. The molecule has 28 heavy (non-hydrogen) atoms. The van der Waals surface area contributed by atoms with Gasteiger partial charge in [-0.25, -0.2) is 0 Å². The lowest BCUT2D eigenvalue weighted by Crippen LogP contribution is -2.41. The molecule has 1 aliphatic rings. The van der Waals surface area contributed by atoms with Crippen molar-refractivity contribution in [1.82, 2.24) is 4.90 Å². The van der Waals surface area contributed by atoms with Gasteiger partial charge in [-0.1, -0.05) is 0 Å². The largest absolute Gasteiger partial charge is 0.497 e. The van der Waals surface area contributed by atoms with E-state index in [1.807, 2.05) is 0 Å². The minimum absolute atomic E-state index is 0.0384. The van der Waals surface area contributed by atoms with Crippen LogP contribution >= 0.6 is 0 Å². The Morgan fingerprint density at radius 3 is 2.07 bits per heavy atom. The zero-order valence-electron chi connectivity index (χ0n) is 15.7. The Morgan fingerprint density at radius 2 is 1.54 bits per heavy atom. The van der Waals surface area contributed by atoms with E-state index in [0.717, 1.165) is 0 Å². The Hall–Kier alpha value is -3.35. The van der Waals surface area contributed by atoms with Gasteiger partial charge < -0.3 is 20.7 Å². The van der Waals surface area contributed by atoms with E-state index in [9.17, 15) is 14.4 Å². The molecule has 7 nitrogen and oxygen atoms in total. The number of hydrogen-bond donors (Lipinski definition) is 2. The molecule has 0 aliphatic carbocycles. The first kappa shape index (κ1) is 19.4. The third-order valence-electron chi connectivity index (χ3n) is 4.93. The first-order chi connectivity index (χ1) is 13.5. The SMILES string of the molecule is COc1ccc(C(=O)N2CCC(C(=O)Nc3ccc(C(N)=O)cc3)CC2)cc1. The van der Waals surface area contributed by atoms with Crippen molar-refractivity contribution < 1.29 is 19.1 Å². The van der Waals surface area contributed by atoms with E-state index in [4.69, 9.17) is 10.5 Å². The number of benzene rings is 2. The van der Waals surface area contributed by atoms with E-state index in [0.29, 0.717) is 48.5 Å². The summed E-state index contributed by atoms with van der Waals surface area (Å²) in [6, 6.07) is 13.5. The summed E-state index contributed by atoms with van der Waals surface area (Å²) in [6.07, 6.45) is 1.21. The molecule has 0 radical (unpaired) electrons. The summed E-state index contributed by atoms with van der Waals surface area (Å²) in [5.41, 5.74) is 6.83. The van der Waals surface area contributed by atoms with Crippen molar-refractivity contribution >= 4 is 23.4 Å². The van der Waals surface area contributed by atoms with E-state index in [1.54, 1.807) is 60.5 Å². The minimum Gasteiger partial charge on any atom is -0.497 e. The quantitative estimate of drug-likeness (QED) is 0.829. The summed E-state index contributed by atoms with van der Waals surface area (Å²) in [7, 11) is 1.58. The third-order valence-corrected chi connectivity index (χ3v) is 4.93. The number of primary amides is 1. The molecule has 0 bridgehead atoms. The van der Waals surface area contributed by atoms with E-state index in [1.165, 1.54) is 0 Å².